The molecule has 26 heavy (non-hydrogen) atoms. The Bertz CT molecular complexity index is 941. The standard InChI is InChI=1S/C16H16FN3O4S2/c17-10-3-5-11(6-4-10)26(23,24)20-8-1-2-13(20)15(22)19-16-12(14(18)21)7-9-25-16/h3-7,9,13H,1-2,8H2,(H2,18,21)(H,19,22). The van der Waals surface area contributed by atoms with Crippen LogP contribution < -0.4 is 11.1 Å². The number of nitrogens with zero attached hydrogens (tertiary/aromatic N) is 1. The van der Waals surface area contributed by atoms with Crippen LogP contribution in [-0.2, 0) is 14.8 Å². The number of benzene rings is 1. The van der Waals surface area contributed by atoms with Gasteiger partial charge in [0.2, 0.25) is 15.9 Å². The molecule has 0 aliphatic carbocycles. The minimum absolute atomic E-state index is 0.0763. The fourth-order valence-electron chi connectivity index (χ4n) is 2.83. The number of anilines is 1. The maximum Gasteiger partial charge on any atom is 0.251 e. The van der Waals surface area contributed by atoms with Crippen molar-refractivity contribution in [2.24, 2.45) is 5.73 Å². The van der Waals surface area contributed by atoms with Gasteiger partial charge in [-0.2, -0.15) is 4.31 Å². The molecule has 1 saturated heterocycles. The Morgan fingerprint density at radius 3 is 2.58 bits per heavy atom. The molecule has 7 nitrogen and oxygen atoms in total. The second-order valence-electron chi connectivity index (χ2n) is 5.74. The summed E-state index contributed by atoms with van der Waals surface area (Å²) in [6.07, 6.45) is 0.870. The number of sulfonamides is 1. The molecule has 2 aromatic rings. The Morgan fingerprint density at radius 2 is 1.92 bits per heavy atom. The van der Waals surface area contributed by atoms with E-state index in [0.717, 1.165) is 27.8 Å². The van der Waals surface area contributed by atoms with Gasteiger partial charge in [-0.05, 0) is 48.6 Å². The van der Waals surface area contributed by atoms with Crippen molar-refractivity contribution in [3.05, 3.63) is 47.1 Å². The Hall–Kier alpha value is -2.30. The lowest BCUT2D eigenvalue weighted by Crippen LogP contribution is -2.43. The molecule has 1 aromatic carbocycles. The van der Waals surface area contributed by atoms with Crippen molar-refractivity contribution in [2.75, 3.05) is 11.9 Å². The minimum atomic E-state index is -3.94. The number of nitrogens with two attached hydrogens (primary N) is 1. The number of amides is 2. The maximum atomic E-state index is 13.1. The van der Waals surface area contributed by atoms with Crippen molar-refractivity contribution in [3.63, 3.8) is 0 Å². The lowest BCUT2D eigenvalue weighted by molar-refractivity contribution is -0.119. The van der Waals surface area contributed by atoms with Crippen LogP contribution in [-0.4, -0.2) is 37.1 Å². The highest BCUT2D eigenvalue weighted by molar-refractivity contribution is 7.89. The van der Waals surface area contributed by atoms with Crippen molar-refractivity contribution in [1.82, 2.24) is 4.31 Å². The molecule has 138 valence electrons. The largest absolute Gasteiger partial charge is 0.366 e. The highest BCUT2D eigenvalue weighted by Crippen LogP contribution is 2.29. The number of nitrogens with one attached hydrogen (secondary N) is 1. The quantitative estimate of drug-likeness (QED) is 0.801. The number of rotatable bonds is 5. The molecule has 1 aliphatic heterocycles. The van der Waals surface area contributed by atoms with Crippen molar-refractivity contribution in [3.8, 4) is 0 Å². The molecule has 2 heterocycles. The van der Waals surface area contributed by atoms with Crippen molar-refractivity contribution >= 4 is 38.2 Å². The van der Waals surface area contributed by atoms with Crippen LogP contribution in [0.1, 0.15) is 23.2 Å². The Kier molecular flexibility index (Phi) is 5.08. The molecule has 1 unspecified atom stereocenters. The van der Waals surface area contributed by atoms with E-state index in [9.17, 15) is 22.4 Å². The Labute approximate surface area is 153 Å². The Morgan fingerprint density at radius 1 is 1.23 bits per heavy atom. The summed E-state index contributed by atoms with van der Waals surface area (Å²) < 4.78 is 39.7. The zero-order valence-corrected chi connectivity index (χ0v) is 15.1. The van der Waals surface area contributed by atoms with Gasteiger partial charge in [0.1, 0.15) is 16.9 Å². The summed E-state index contributed by atoms with van der Waals surface area (Å²) in [6, 6.07) is 5.04. The average Bonchev–Trinajstić information content (AvgIpc) is 3.24. The van der Waals surface area contributed by atoms with Gasteiger partial charge in [0.05, 0.1) is 10.5 Å². The van der Waals surface area contributed by atoms with Gasteiger partial charge in [0, 0.05) is 6.54 Å². The number of carbonyl (C=O) groups excluding carboxylic acids is 2. The van der Waals surface area contributed by atoms with E-state index >= 15 is 0 Å². The monoisotopic (exact) mass is 397 g/mol. The highest BCUT2D eigenvalue weighted by Gasteiger charge is 2.39. The van der Waals surface area contributed by atoms with Crippen LogP contribution >= 0.6 is 11.3 Å². The third-order valence-electron chi connectivity index (χ3n) is 4.09. The highest BCUT2D eigenvalue weighted by atomic mass is 32.2. The number of thiophene rings is 1. The topological polar surface area (TPSA) is 110 Å². The van der Waals surface area contributed by atoms with E-state index in [-0.39, 0.29) is 22.0 Å². The third kappa shape index (κ3) is 3.48. The molecule has 1 atom stereocenters. The second kappa shape index (κ2) is 7.14. The SMILES string of the molecule is NC(=O)c1ccsc1NC(=O)C1CCCN1S(=O)(=O)c1ccc(F)cc1. The van der Waals surface area contributed by atoms with Crippen LogP contribution in [0.3, 0.4) is 0 Å². The number of hydrogen-bond donors (Lipinski definition) is 2. The molecule has 2 amide bonds. The molecule has 3 rings (SSSR count). The van der Waals surface area contributed by atoms with Crippen LogP contribution in [0.5, 0.6) is 0 Å². The first kappa shape index (κ1) is 18.5. The van der Waals surface area contributed by atoms with Crippen LogP contribution in [0.15, 0.2) is 40.6 Å². The number of hydrogen-bond acceptors (Lipinski definition) is 5. The number of primary amides is 1. The first-order valence-corrected chi connectivity index (χ1v) is 10.1. The predicted molar refractivity (Wildman–Crippen MR) is 94.8 cm³/mol. The molecular weight excluding hydrogens is 381 g/mol. The summed E-state index contributed by atoms with van der Waals surface area (Å²) in [4.78, 5) is 23.9. The second-order valence-corrected chi connectivity index (χ2v) is 8.55. The first-order valence-electron chi connectivity index (χ1n) is 7.76. The van der Waals surface area contributed by atoms with Crippen LogP contribution in [0, 0.1) is 5.82 Å². The van der Waals surface area contributed by atoms with Crippen molar-refractivity contribution in [1.29, 1.82) is 0 Å². The van der Waals surface area contributed by atoms with Crippen LogP contribution in [0.25, 0.3) is 0 Å². The zero-order chi connectivity index (χ0) is 18.9. The molecule has 0 bridgehead atoms. The fraction of sp³-hybridized carbons (Fsp3) is 0.250. The molecule has 0 spiro atoms. The van der Waals surface area contributed by atoms with E-state index in [1.165, 1.54) is 18.2 Å². The van der Waals surface area contributed by atoms with Gasteiger partial charge in [0.25, 0.3) is 5.91 Å². The van der Waals surface area contributed by atoms with Crippen molar-refractivity contribution < 1.29 is 22.4 Å². The predicted octanol–water partition coefficient (Wildman–Crippen LogP) is 1.78. The van der Waals surface area contributed by atoms with Gasteiger partial charge in [-0.25, -0.2) is 12.8 Å². The van der Waals surface area contributed by atoms with Gasteiger partial charge in [-0.3, -0.25) is 9.59 Å². The van der Waals surface area contributed by atoms with Crippen LogP contribution in [0.4, 0.5) is 9.39 Å². The summed E-state index contributed by atoms with van der Waals surface area (Å²) in [7, 11) is -3.94. The van der Waals surface area contributed by atoms with Gasteiger partial charge >= 0.3 is 0 Å². The van der Waals surface area contributed by atoms with E-state index in [0.29, 0.717) is 12.8 Å². The van der Waals surface area contributed by atoms with E-state index in [1.54, 1.807) is 5.38 Å². The number of halogens is 1. The fourth-order valence-corrected chi connectivity index (χ4v) is 5.28. The minimum Gasteiger partial charge on any atom is -0.366 e. The first-order chi connectivity index (χ1) is 12.3. The molecular formula is C16H16FN3O4S2. The normalized spacial score (nSPS) is 18.0. The summed E-state index contributed by atoms with van der Waals surface area (Å²) in [5, 5.41) is 4.48. The van der Waals surface area contributed by atoms with E-state index in [4.69, 9.17) is 5.73 Å². The van der Waals surface area contributed by atoms with Crippen LogP contribution in [0.2, 0.25) is 0 Å². The molecule has 1 aromatic heterocycles. The third-order valence-corrected chi connectivity index (χ3v) is 6.85. The summed E-state index contributed by atoms with van der Waals surface area (Å²) in [5.74, 6) is -1.75. The zero-order valence-electron chi connectivity index (χ0n) is 13.5. The van der Waals surface area contributed by atoms with Gasteiger partial charge in [-0.1, -0.05) is 0 Å². The summed E-state index contributed by atoms with van der Waals surface area (Å²) in [6.45, 7) is 0.185. The average molecular weight is 397 g/mol. The van der Waals surface area contributed by atoms with Gasteiger partial charge in [-0.15, -0.1) is 11.3 Å². The van der Waals surface area contributed by atoms with E-state index in [1.807, 2.05) is 0 Å². The van der Waals surface area contributed by atoms with Gasteiger partial charge < -0.3 is 11.1 Å². The molecule has 10 heteroatoms. The summed E-state index contributed by atoms with van der Waals surface area (Å²) in [5.41, 5.74) is 5.43. The van der Waals surface area contributed by atoms with E-state index in [2.05, 4.69) is 5.32 Å². The molecule has 0 saturated carbocycles. The lowest BCUT2D eigenvalue weighted by Gasteiger charge is -2.23. The summed E-state index contributed by atoms with van der Waals surface area (Å²) >= 11 is 1.13. The van der Waals surface area contributed by atoms with E-state index < -0.39 is 33.7 Å². The molecule has 0 radical (unpaired) electrons. The molecule has 1 aliphatic rings. The molecule has 1 fully saturated rings. The molecule has 3 N–H and O–H groups in total. The smallest absolute Gasteiger partial charge is 0.251 e. The van der Waals surface area contributed by atoms with Crippen molar-refractivity contribution in [2.45, 2.75) is 23.8 Å². The number of carbonyl (C=O) groups is 2. The maximum absolute atomic E-state index is 13.1. The van der Waals surface area contributed by atoms with Gasteiger partial charge in [0.15, 0.2) is 0 Å². The lowest BCUT2D eigenvalue weighted by atomic mass is 10.2. The Balaban J connectivity index is 1.83.